The van der Waals surface area contributed by atoms with Crippen LogP contribution in [0.5, 0.6) is 5.75 Å². The van der Waals surface area contributed by atoms with E-state index in [0.29, 0.717) is 37.4 Å². The molecule has 2 aromatic heterocycles. The Hall–Kier alpha value is -4.31. The van der Waals surface area contributed by atoms with Gasteiger partial charge in [0.25, 0.3) is 11.5 Å². The molecule has 0 atom stereocenters. The first-order valence-corrected chi connectivity index (χ1v) is 12.2. The Morgan fingerprint density at radius 1 is 1.08 bits per heavy atom. The number of hydrogen-bond acceptors (Lipinski definition) is 5. The van der Waals surface area contributed by atoms with Gasteiger partial charge in [0.2, 0.25) is 0 Å². The Morgan fingerprint density at radius 3 is 2.47 bits per heavy atom. The molecule has 0 aliphatic carbocycles. The van der Waals surface area contributed by atoms with Crippen LogP contribution in [0.2, 0.25) is 0 Å². The number of carbonyl (C=O) groups excluding carboxylic acids is 1. The summed E-state index contributed by atoms with van der Waals surface area (Å²) in [5.41, 5.74) is 2.65. The van der Waals surface area contributed by atoms with E-state index >= 15 is 0 Å². The van der Waals surface area contributed by atoms with Crippen molar-refractivity contribution in [1.82, 2.24) is 25.0 Å². The number of ether oxygens (including phenoxy) is 1. The zero-order chi connectivity index (χ0) is 26.6. The van der Waals surface area contributed by atoms with Gasteiger partial charge in [-0.2, -0.15) is 5.10 Å². The van der Waals surface area contributed by atoms with Gasteiger partial charge in [-0.05, 0) is 29.3 Å². The number of carbonyl (C=O) groups is 1. The third-order valence-corrected chi connectivity index (χ3v) is 6.62. The number of nitrogens with zero attached hydrogens (tertiary/aromatic N) is 3. The van der Waals surface area contributed by atoms with Gasteiger partial charge >= 0.3 is 0 Å². The molecule has 1 fully saturated rings. The SMILES string of the molecule is COc1ccc(F)c(CNC(=O)c2cn(Cc3ccc(Cn4ccccc4=O)cc3)nc2C2CNC2)c1F. The van der Waals surface area contributed by atoms with E-state index in [2.05, 4.69) is 15.7 Å². The number of benzene rings is 2. The normalized spacial score (nSPS) is 13.2. The molecular weight excluding hydrogens is 492 g/mol. The molecule has 0 radical (unpaired) electrons. The molecule has 1 saturated heterocycles. The van der Waals surface area contributed by atoms with Crippen LogP contribution in [-0.4, -0.2) is 40.5 Å². The lowest BCUT2D eigenvalue weighted by molar-refractivity contribution is 0.0948. The van der Waals surface area contributed by atoms with Crippen LogP contribution in [0, 0.1) is 11.6 Å². The maximum Gasteiger partial charge on any atom is 0.255 e. The van der Waals surface area contributed by atoms with Crippen molar-refractivity contribution in [2.75, 3.05) is 20.2 Å². The highest BCUT2D eigenvalue weighted by atomic mass is 19.1. The standard InChI is InChI=1S/C28H27F2N5O3/c1-38-24-10-9-23(29)21(26(24)30)14-32-28(37)22-17-35(33-27(22)20-12-31-13-20)16-19-7-5-18(6-8-19)15-34-11-3-2-4-25(34)36/h2-11,17,20,31H,12-16H2,1H3,(H,32,37). The number of rotatable bonds is 9. The van der Waals surface area contributed by atoms with Crippen LogP contribution in [0.15, 0.2) is 71.8 Å². The van der Waals surface area contributed by atoms with Crippen molar-refractivity contribution in [3.05, 3.63) is 117 Å². The molecule has 196 valence electrons. The molecule has 0 spiro atoms. The maximum atomic E-state index is 14.5. The Balaban J connectivity index is 1.30. The van der Waals surface area contributed by atoms with Crippen LogP contribution >= 0.6 is 0 Å². The minimum atomic E-state index is -0.840. The number of methoxy groups -OCH3 is 1. The third kappa shape index (κ3) is 5.35. The lowest BCUT2D eigenvalue weighted by Crippen LogP contribution is -2.41. The fraction of sp³-hybridized carbons (Fsp3) is 0.250. The molecule has 0 saturated carbocycles. The smallest absolute Gasteiger partial charge is 0.255 e. The fourth-order valence-corrected chi connectivity index (χ4v) is 4.36. The van der Waals surface area contributed by atoms with E-state index in [-0.39, 0.29) is 29.3 Å². The molecule has 1 aliphatic heterocycles. The van der Waals surface area contributed by atoms with E-state index in [9.17, 15) is 18.4 Å². The summed E-state index contributed by atoms with van der Waals surface area (Å²) in [5.74, 6) is -2.07. The van der Waals surface area contributed by atoms with Crippen LogP contribution in [0.3, 0.4) is 0 Å². The first kappa shape index (κ1) is 25.3. The minimum Gasteiger partial charge on any atom is -0.494 e. The number of nitrogens with one attached hydrogen (secondary N) is 2. The van der Waals surface area contributed by atoms with Gasteiger partial charge < -0.3 is 19.9 Å². The molecule has 2 N–H and O–H groups in total. The van der Waals surface area contributed by atoms with Gasteiger partial charge in [-0.15, -0.1) is 0 Å². The zero-order valence-electron chi connectivity index (χ0n) is 20.8. The Kier molecular flexibility index (Phi) is 7.32. The molecule has 10 heteroatoms. The second-order valence-electron chi connectivity index (χ2n) is 9.19. The molecule has 1 amide bonds. The van der Waals surface area contributed by atoms with Crippen LogP contribution in [0.25, 0.3) is 0 Å². The molecule has 38 heavy (non-hydrogen) atoms. The average Bonchev–Trinajstić information content (AvgIpc) is 3.28. The minimum absolute atomic E-state index is 0.0613. The van der Waals surface area contributed by atoms with Gasteiger partial charge in [0.15, 0.2) is 11.6 Å². The van der Waals surface area contributed by atoms with Crippen molar-refractivity contribution in [2.24, 2.45) is 0 Å². The molecule has 1 aliphatic rings. The van der Waals surface area contributed by atoms with Crippen molar-refractivity contribution in [3.63, 3.8) is 0 Å². The molecule has 4 aromatic rings. The molecule has 0 unspecified atom stereocenters. The second-order valence-corrected chi connectivity index (χ2v) is 9.19. The molecule has 3 heterocycles. The van der Waals surface area contributed by atoms with Crippen molar-refractivity contribution < 1.29 is 18.3 Å². The fourth-order valence-electron chi connectivity index (χ4n) is 4.36. The largest absolute Gasteiger partial charge is 0.494 e. The molecule has 8 nitrogen and oxygen atoms in total. The predicted molar refractivity (Wildman–Crippen MR) is 137 cm³/mol. The van der Waals surface area contributed by atoms with Crippen LogP contribution < -0.4 is 20.9 Å². The summed E-state index contributed by atoms with van der Waals surface area (Å²) in [7, 11) is 1.30. The summed E-state index contributed by atoms with van der Waals surface area (Å²) in [6.45, 7) is 1.98. The summed E-state index contributed by atoms with van der Waals surface area (Å²) < 4.78 is 37.0. The number of pyridine rings is 1. The number of hydrogen-bond donors (Lipinski definition) is 2. The van der Waals surface area contributed by atoms with Crippen molar-refractivity contribution in [3.8, 4) is 5.75 Å². The summed E-state index contributed by atoms with van der Waals surface area (Å²) in [6.07, 6.45) is 3.42. The Labute approximate surface area is 217 Å². The van der Waals surface area contributed by atoms with Crippen LogP contribution in [-0.2, 0) is 19.6 Å². The average molecular weight is 520 g/mol. The van der Waals surface area contributed by atoms with E-state index in [1.165, 1.54) is 19.2 Å². The first-order valence-electron chi connectivity index (χ1n) is 12.2. The number of aromatic nitrogens is 3. The van der Waals surface area contributed by atoms with E-state index in [1.54, 1.807) is 27.7 Å². The van der Waals surface area contributed by atoms with Crippen molar-refractivity contribution >= 4 is 5.91 Å². The van der Waals surface area contributed by atoms with Gasteiger partial charge in [-0.1, -0.05) is 30.3 Å². The monoisotopic (exact) mass is 519 g/mol. The number of amides is 1. The van der Waals surface area contributed by atoms with E-state index < -0.39 is 17.5 Å². The van der Waals surface area contributed by atoms with Crippen molar-refractivity contribution in [2.45, 2.75) is 25.6 Å². The summed E-state index contributed by atoms with van der Waals surface area (Å²) >= 11 is 0. The maximum absolute atomic E-state index is 14.5. The molecule has 2 aromatic carbocycles. The lowest BCUT2D eigenvalue weighted by atomic mass is 9.96. The summed E-state index contributed by atoms with van der Waals surface area (Å²) in [5, 5.41) is 10.5. The summed E-state index contributed by atoms with van der Waals surface area (Å²) in [4.78, 5) is 25.0. The van der Waals surface area contributed by atoms with Crippen LogP contribution in [0.4, 0.5) is 8.78 Å². The highest BCUT2D eigenvalue weighted by Crippen LogP contribution is 2.25. The van der Waals surface area contributed by atoms with Gasteiger partial charge in [-0.25, -0.2) is 8.78 Å². The molecular formula is C28H27F2N5O3. The zero-order valence-corrected chi connectivity index (χ0v) is 20.8. The first-order chi connectivity index (χ1) is 18.4. The predicted octanol–water partition coefficient (Wildman–Crippen LogP) is 3.05. The molecule has 5 rings (SSSR count). The van der Waals surface area contributed by atoms with Gasteiger partial charge in [0, 0.05) is 49.6 Å². The highest BCUT2D eigenvalue weighted by Gasteiger charge is 2.28. The topological polar surface area (TPSA) is 90.2 Å². The van der Waals surface area contributed by atoms with Crippen molar-refractivity contribution in [1.29, 1.82) is 0 Å². The number of halogens is 2. The lowest BCUT2D eigenvalue weighted by Gasteiger charge is -2.26. The third-order valence-electron chi connectivity index (χ3n) is 6.62. The van der Waals surface area contributed by atoms with E-state index in [4.69, 9.17) is 4.74 Å². The van der Waals surface area contributed by atoms with E-state index in [1.807, 2.05) is 30.3 Å². The summed E-state index contributed by atoms with van der Waals surface area (Å²) in [6, 6.07) is 15.2. The van der Waals surface area contributed by atoms with Crippen LogP contribution in [0.1, 0.15) is 38.7 Å². The second kappa shape index (κ2) is 11.0. The van der Waals surface area contributed by atoms with Gasteiger partial charge in [0.1, 0.15) is 5.82 Å². The molecule has 0 bridgehead atoms. The Morgan fingerprint density at radius 2 is 1.82 bits per heavy atom. The van der Waals surface area contributed by atoms with Gasteiger partial charge in [0.05, 0.1) is 31.5 Å². The quantitative estimate of drug-likeness (QED) is 0.355. The highest BCUT2D eigenvalue weighted by molar-refractivity contribution is 5.95. The van der Waals surface area contributed by atoms with Gasteiger partial charge in [-0.3, -0.25) is 14.3 Å². The van der Waals surface area contributed by atoms with E-state index in [0.717, 1.165) is 17.2 Å². The Bertz CT molecular complexity index is 1510.